The van der Waals surface area contributed by atoms with Crippen molar-refractivity contribution in [2.75, 3.05) is 19.6 Å². The summed E-state index contributed by atoms with van der Waals surface area (Å²) in [5, 5.41) is 3.79. The number of fused-ring (bicyclic) bond motifs is 2. The molecule has 104 valence electrons. The Morgan fingerprint density at radius 1 is 1.06 bits per heavy atom. The van der Waals surface area contributed by atoms with Gasteiger partial charge in [0.25, 0.3) is 0 Å². The van der Waals surface area contributed by atoms with Crippen molar-refractivity contribution in [1.29, 1.82) is 0 Å². The summed E-state index contributed by atoms with van der Waals surface area (Å²) < 4.78 is 5.97. The average Bonchev–Trinajstić information content (AvgIpc) is 2.75. The molecule has 2 saturated heterocycles. The molecule has 18 heavy (non-hydrogen) atoms. The third kappa shape index (κ3) is 2.73. The van der Waals surface area contributed by atoms with Crippen molar-refractivity contribution in [3.8, 4) is 0 Å². The van der Waals surface area contributed by atoms with E-state index >= 15 is 0 Å². The van der Waals surface area contributed by atoms with E-state index in [4.69, 9.17) is 4.74 Å². The fraction of sp³-hybridized carbons (Fsp3) is 1.00. The van der Waals surface area contributed by atoms with Gasteiger partial charge in [0.05, 0.1) is 12.2 Å². The molecule has 0 radical (unpaired) electrons. The van der Waals surface area contributed by atoms with E-state index in [2.05, 4.69) is 17.1 Å². The fourth-order valence-electron chi connectivity index (χ4n) is 4.03. The van der Waals surface area contributed by atoms with E-state index in [1.807, 2.05) is 0 Å². The van der Waals surface area contributed by atoms with Crippen LogP contribution in [-0.4, -0.2) is 48.8 Å². The van der Waals surface area contributed by atoms with Crippen LogP contribution >= 0.6 is 0 Å². The summed E-state index contributed by atoms with van der Waals surface area (Å²) in [6.07, 6.45) is 10.5. The molecule has 1 aliphatic carbocycles. The number of hydrogen-bond donors (Lipinski definition) is 1. The lowest BCUT2D eigenvalue weighted by atomic mass is 9.88. The lowest BCUT2D eigenvalue weighted by molar-refractivity contribution is -0.0621. The predicted octanol–water partition coefficient (Wildman–Crippen LogP) is 2.16. The van der Waals surface area contributed by atoms with Gasteiger partial charge in [0.2, 0.25) is 0 Å². The van der Waals surface area contributed by atoms with Gasteiger partial charge in [0, 0.05) is 25.2 Å². The minimum absolute atomic E-state index is 0.539. The summed E-state index contributed by atoms with van der Waals surface area (Å²) in [5.74, 6) is 0. The van der Waals surface area contributed by atoms with Crippen molar-refractivity contribution in [3.63, 3.8) is 0 Å². The molecule has 3 rings (SSSR count). The van der Waals surface area contributed by atoms with Gasteiger partial charge in [-0.1, -0.05) is 19.8 Å². The molecule has 4 atom stereocenters. The van der Waals surface area contributed by atoms with Crippen LogP contribution in [0.5, 0.6) is 0 Å². The van der Waals surface area contributed by atoms with Crippen LogP contribution in [0.2, 0.25) is 0 Å². The molecular formula is C15H28N2O. The van der Waals surface area contributed by atoms with Gasteiger partial charge in [-0.15, -0.1) is 0 Å². The number of ether oxygens (including phenoxy) is 1. The van der Waals surface area contributed by atoms with Crippen LogP contribution in [0, 0.1) is 0 Å². The zero-order valence-corrected chi connectivity index (χ0v) is 11.7. The molecule has 0 aromatic rings. The molecule has 3 heteroatoms. The average molecular weight is 252 g/mol. The monoisotopic (exact) mass is 252 g/mol. The number of likely N-dealkylation sites (tertiary alicyclic amines) is 1. The van der Waals surface area contributed by atoms with Crippen LogP contribution in [0.25, 0.3) is 0 Å². The molecule has 2 aliphatic heterocycles. The van der Waals surface area contributed by atoms with Crippen molar-refractivity contribution in [3.05, 3.63) is 0 Å². The Bertz CT molecular complexity index is 259. The predicted molar refractivity (Wildman–Crippen MR) is 73.8 cm³/mol. The lowest BCUT2D eigenvalue weighted by Crippen LogP contribution is -2.56. The lowest BCUT2D eigenvalue weighted by Gasteiger charge is -2.44. The first-order chi connectivity index (χ1) is 8.86. The summed E-state index contributed by atoms with van der Waals surface area (Å²) in [4.78, 5) is 2.75. The maximum Gasteiger partial charge on any atom is 0.0707 e. The molecule has 3 nitrogen and oxygen atoms in total. The maximum atomic E-state index is 5.97. The normalized spacial score (nSPS) is 41.2. The summed E-state index contributed by atoms with van der Waals surface area (Å²) >= 11 is 0. The minimum Gasteiger partial charge on any atom is -0.372 e. The molecule has 3 aliphatic rings. The third-order valence-electron chi connectivity index (χ3n) is 4.93. The van der Waals surface area contributed by atoms with Crippen molar-refractivity contribution in [2.24, 2.45) is 0 Å². The molecule has 0 spiro atoms. The van der Waals surface area contributed by atoms with Crippen molar-refractivity contribution in [2.45, 2.75) is 76.2 Å². The first kappa shape index (κ1) is 12.9. The zero-order chi connectivity index (χ0) is 12.4. The highest BCUT2D eigenvalue weighted by Gasteiger charge is 2.39. The van der Waals surface area contributed by atoms with Crippen LogP contribution in [0.15, 0.2) is 0 Å². The molecule has 2 bridgehead atoms. The fourth-order valence-corrected chi connectivity index (χ4v) is 4.03. The largest absolute Gasteiger partial charge is 0.372 e. The van der Waals surface area contributed by atoms with Crippen LogP contribution < -0.4 is 5.32 Å². The molecular weight excluding hydrogens is 224 g/mol. The molecule has 0 aromatic heterocycles. The minimum atomic E-state index is 0.539. The van der Waals surface area contributed by atoms with Gasteiger partial charge >= 0.3 is 0 Å². The molecule has 0 aromatic carbocycles. The second kappa shape index (κ2) is 5.89. The molecule has 4 unspecified atom stereocenters. The second-order valence-corrected chi connectivity index (χ2v) is 6.32. The molecule has 2 heterocycles. The van der Waals surface area contributed by atoms with Crippen LogP contribution in [0.3, 0.4) is 0 Å². The number of morpholine rings is 1. The Kier molecular flexibility index (Phi) is 4.22. The van der Waals surface area contributed by atoms with Gasteiger partial charge in [-0.3, -0.25) is 4.90 Å². The Hall–Kier alpha value is -0.120. The van der Waals surface area contributed by atoms with Gasteiger partial charge in [0.1, 0.15) is 0 Å². The second-order valence-electron chi connectivity index (χ2n) is 6.32. The van der Waals surface area contributed by atoms with E-state index in [0.717, 1.165) is 12.1 Å². The van der Waals surface area contributed by atoms with E-state index < -0.39 is 0 Å². The van der Waals surface area contributed by atoms with Crippen molar-refractivity contribution in [1.82, 2.24) is 10.2 Å². The highest BCUT2D eigenvalue weighted by Crippen LogP contribution is 2.31. The number of nitrogens with zero attached hydrogens (tertiary/aromatic N) is 1. The Labute approximate surface area is 111 Å². The Morgan fingerprint density at radius 3 is 2.50 bits per heavy atom. The van der Waals surface area contributed by atoms with E-state index in [-0.39, 0.29) is 0 Å². The molecule has 1 saturated carbocycles. The van der Waals surface area contributed by atoms with E-state index in [0.29, 0.717) is 12.2 Å². The standard InChI is InChI=1S/C15H28N2O/c1-2-9-16-14-5-3-4-6-15(14)17-10-12-7-8-13(11-17)18-12/h12-16H,2-11H2,1H3. The van der Waals surface area contributed by atoms with Crippen molar-refractivity contribution < 1.29 is 4.74 Å². The van der Waals surface area contributed by atoms with Crippen molar-refractivity contribution >= 4 is 0 Å². The van der Waals surface area contributed by atoms with Crippen LogP contribution in [-0.2, 0) is 4.74 Å². The first-order valence-electron chi connectivity index (χ1n) is 7.99. The summed E-state index contributed by atoms with van der Waals surface area (Å²) in [6, 6.07) is 1.51. The van der Waals surface area contributed by atoms with E-state index in [1.165, 1.54) is 64.6 Å². The molecule has 0 amide bonds. The highest BCUT2D eigenvalue weighted by molar-refractivity contribution is 4.94. The topological polar surface area (TPSA) is 24.5 Å². The van der Waals surface area contributed by atoms with Gasteiger partial charge in [-0.05, 0) is 38.6 Å². The summed E-state index contributed by atoms with van der Waals surface area (Å²) in [6.45, 7) is 5.81. The van der Waals surface area contributed by atoms with Gasteiger partial charge < -0.3 is 10.1 Å². The van der Waals surface area contributed by atoms with Crippen LogP contribution in [0.4, 0.5) is 0 Å². The van der Waals surface area contributed by atoms with E-state index in [9.17, 15) is 0 Å². The van der Waals surface area contributed by atoms with Gasteiger partial charge in [-0.25, -0.2) is 0 Å². The number of hydrogen-bond acceptors (Lipinski definition) is 3. The summed E-state index contributed by atoms with van der Waals surface area (Å²) in [7, 11) is 0. The van der Waals surface area contributed by atoms with E-state index in [1.54, 1.807) is 0 Å². The summed E-state index contributed by atoms with van der Waals surface area (Å²) in [5.41, 5.74) is 0. The number of rotatable bonds is 4. The maximum absolute atomic E-state index is 5.97. The van der Waals surface area contributed by atoms with Gasteiger partial charge in [-0.2, -0.15) is 0 Å². The molecule has 1 N–H and O–H groups in total. The zero-order valence-electron chi connectivity index (χ0n) is 11.7. The number of nitrogens with one attached hydrogen (secondary N) is 1. The Balaban J connectivity index is 1.61. The Morgan fingerprint density at radius 2 is 1.78 bits per heavy atom. The molecule has 3 fully saturated rings. The van der Waals surface area contributed by atoms with Gasteiger partial charge in [0.15, 0.2) is 0 Å². The highest BCUT2D eigenvalue weighted by atomic mass is 16.5. The smallest absolute Gasteiger partial charge is 0.0707 e. The van der Waals surface area contributed by atoms with Crippen LogP contribution in [0.1, 0.15) is 51.9 Å². The SMILES string of the molecule is CCCNC1CCCCC1N1CC2CCC(C1)O2. The first-order valence-corrected chi connectivity index (χ1v) is 7.99. The quantitative estimate of drug-likeness (QED) is 0.830. The third-order valence-corrected chi connectivity index (χ3v) is 4.93.